The molecule has 5 nitrogen and oxygen atoms in total. The van der Waals surface area contributed by atoms with Crippen LogP contribution in [0.1, 0.15) is 42.5 Å². The van der Waals surface area contributed by atoms with Gasteiger partial charge < -0.3 is 16.0 Å². The van der Waals surface area contributed by atoms with Gasteiger partial charge in [0, 0.05) is 31.4 Å². The third-order valence-corrected chi connectivity index (χ3v) is 4.63. The number of primary amides is 1. The fourth-order valence-electron chi connectivity index (χ4n) is 3.58. The number of hydrogen-bond donors (Lipinski definition) is 2. The van der Waals surface area contributed by atoms with E-state index in [-0.39, 0.29) is 11.4 Å². The molecular formula is C15H22N4O. The molecule has 3 rings (SSSR count). The first-order valence-corrected chi connectivity index (χ1v) is 7.46. The van der Waals surface area contributed by atoms with Gasteiger partial charge in [0.1, 0.15) is 5.82 Å². The summed E-state index contributed by atoms with van der Waals surface area (Å²) in [4.78, 5) is 18.3. The van der Waals surface area contributed by atoms with Crippen LogP contribution in [0.5, 0.6) is 0 Å². The molecule has 0 unspecified atom stereocenters. The van der Waals surface area contributed by atoms with E-state index < -0.39 is 0 Å². The Bertz CT molecular complexity index is 488. The summed E-state index contributed by atoms with van der Waals surface area (Å²) in [5.41, 5.74) is 6.09. The average molecular weight is 274 g/mol. The molecule has 1 saturated heterocycles. The van der Waals surface area contributed by atoms with Crippen molar-refractivity contribution in [3.05, 3.63) is 23.9 Å². The van der Waals surface area contributed by atoms with Crippen molar-refractivity contribution in [1.82, 2.24) is 10.3 Å². The standard InChI is InChI=1S/C15H22N4O/c16-14(20)12-4-7-18-13(10-12)19-9-8-17-11-15(19)5-2-1-3-6-15/h4,7,10,17H,1-3,5-6,8-9,11H2,(H2,16,20). The van der Waals surface area contributed by atoms with E-state index in [0.717, 1.165) is 25.5 Å². The summed E-state index contributed by atoms with van der Waals surface area (Å²) < 4.78 is 0. The van der Waals surface area contributed by atoms with Crippen molar-refractivity contribution in [3.63, 3.8) is 0 Å². The lowest BCUT2D eigenvalue weighted by atomic mass is 9.79. The molecule has 20 heavy (non-hydrogen) atoms. The van der Waals surface area contributed by atoms with E-state index in [9.17, 15) is 4.79 Å². The van der Waals surface area contributed by atoms with Crippen LogP contribution in [0.25, 0.3) is 0 Å². The van der Waals surface area contributed by atoms with Crippen molar-refractivity contribution < 1.29 is 4.79 Å². The van der Waals surface area contributed by atoms with Crippen molar-refractivity contribution in [1.29, 1.82) is 0 Å². The van der Waals surface area contributed by atoms with Gasteiger partial charge in [-0.3, -0.25) is 4.79 Å². The van der Waals surface area contributed by atoms with Crippen LogP contribution in [0.2, 0.25) is 0 Å². The number of nitrogens with two attached hydrogens (primary N) is 1. The summed E-state index contributed by atoms with van der Waals surface area (Å²) in [5.74, 6) is 0.506. The van der Waals surface area contributed by atoms with Gasteiger partial charge in [0.15, 0.2) is 0 Å². The zero-order valence-electron chi connectivity index (χ0n) is 11.8. The zero-order chi connectivity index (χ0) is 14.0. The number of nitrogens with zero attached hydrogens (tertiary/aromatic N) is 2. The Morgan fingerprint density at radius 2 is 2.15 bits per heavy atom. The maximum absolute atomic E-state index is 11.4. The lowest BCUT2D eigenvalue weighted by Crippen LogP contribution is -2.62. The molecule has 0 radical (unpaired) electrons. The lowest BCUT2D eigenvalue weighted by molar-refractivity contribution is 0.1000. The Kier molecular flexibility index (Phi) is 3.61. The van der Waals surface area contributed by atoms with Crippen LogP contribution in [0.4, 0.5) is 5.82 Å². The van der Waals surface area contributed by atoms with Gasteiger partial charge in [0.05, 0.1) is 5.54 Å². The molecule has 2 aliphatic rings. The van der Waals surface area contributed by atoms with Crippen LogP contribution in [-0.2, 0) is 0 Å². The predicted molar refractivity (Wildman–Crippen MR) is 78.8 cm³/mol. The van der Waals surface area contributed by atoms with Gasteiger partial charge in [-0.2, -0.15) is 0 Å². The highest BCUT2D eigenvalue weighted by molar-refractivity contribution is 5.93. The maximum atomic E-state index is 11.4. The topological polar surface area (TPSA) is 71.2 Å². The summed E-state index contributed by atoms with van der Waals surface area (Å²) in [6.07, 6.45) is 7.95. The largest absolute Gasteiger partial charge is 0.366 e. The zero-order valence-corrected chi connectivity index (χ0v) is 11.8. The van der Waals surface area contributed by atoms with Gasteiger partial charge >= 0.3 is 0 Å². The minimum Gasteiger partial charge on any atom is -0.366 e. The predicted octanol–water partition coefficient (Wildman–Crippen LogP) is 1.29. The normalized spacial score (nSPS) is 21.9. The molecule has 1 spiro atoms. The molecule has 3 N–H and O–H groups in total. The van der Waals surface area contributed by atoms with Crippen molar-refractivity contribution in [2.75, 3.05) is 24.5 Å². The number of carbonyl (C=O) groups is 1. The lowest BCUT2D eigenvalue weighted by Gasteiger charge is -2.50. The monoisotopic (exact) mass is 274 g/mol. The summed E-state index contributed by atoms with van der Waals surface area (Å²) in [6.45, 7) is 2.91. The molecule has 2 heterocycles. The number of anilines is 1. The molecule has 1 aliphatic carbocycles. The number of aromatic nitrogens is 1. The average Bonchev–Trinajstić information content (AvgIpc) is 2.49. The van der Waals surface area contributed by atoms with Crippen LogP contribution < -0.4 is 16.0 Å². The second kappa shape index (κ2) is 5.40. The molecular weight excluding hydrogens is 252 g/mol. The number of hydrogen-bond acceptors (Lipinski definition) is 4. The second-order valence-corrected chi connectivity index (χ2v) is 5.88. The summed E-state index contributed by atoms with van der Waals surface area (Å²) >= 11 is 0. The molecule has 108 valence electrons. The minimum atomic E-state index is -0.388. The van der Waals surface area contributed by atoms with Gasteiger partial charge in [-0.25, -0.2) is 4.98 Å². The number of amides is 1. The van der Waals surface area contributed by atoms with Gasteiger partial charge in [0.2, 0.25) is 5.91 Å². The van der Waals surface area contributed by atoms with Crippen molar-refractivity contribution >= 4 is 11.7 Å². The van der Waals surface area contributed by atoms with Gasteiger partial charge in [-0.05, 0) is 25.0 Å². The third-order valence-electron chi connectivity index (χ3n) is 4.63. The Morgan fingerprint density at radius 1 is 1.35 bits per heavy atom. The highest BCUT2D eigenvalue weighted by atomic mass is 16.1. The summed E-state index contributed by atoms with van der Waals surface area (Å²) in [7, 11) is 0. The second-order valence-electron chi connectivity index (χ2n) is 5.88. The fraction of sp³-hybridized carbons (Fsp3) is 0.600. The van der Waals surface area contributed by atoms with E-state index in [4.69, 9.17) is 5.73 Å². The fourth-order valence-corrected chi connectivity index (χ4v) is 3.58. The van der Waals surface area contributed by atoms with Crippen LogP contribution in [0, 0.1) is 0 Å². The van der Waals surface area contributed by atoms with E-state index in [1.807, 2.05) is 6.07 Å². The van der Waals surface area contributed by atoms with Crippen molar-refractivity contribution in [2.24, 2.45) is 5.73 Å². The maximum Gasteiger partial charge on any atom is 0.248 e. The first-order chi connectivity index (χ1) is 9.71. The van der Waals surface area contributed by atoms with Gasteiger partial charge in [-0.1, -0.05) is 19.3 Å². The smallest absolute Gasteiger partial charge is 0.248 e. The van der Waals surface area contributed by atoms with Gasteiger partial charge in [-0.15, -0.1) is 0 Å². The quantitative estimate of drug-likeness (QED) is 0.852. The van der Waals surface area contributed by atoms with Crippen LogP contribution >= 0.6 is 0 Å². The summed E-state index contributed by atoms with van der Waals surface area (Å²) in [5, 5.41) is 3.52. The minimum absolute atomic E-state index is 0.166. The van der Waals surface area contributed by atoms with Crippen LogP contribution in [0.3, 0.4) is 0 Å². The molecule has 1 aromatic heterocycles. The van der Waals surface area contributed by atoms with E-state index in [1.165, 1.54) is 32.1 Å². The molecule has 0 atom stereocenters. The molecule has 0 bridgehead atoms. The molecule has 1 amide bonds. The molecule has 1 aromatic rings. The Balaban J connectivity index is 1.93. The van der Waals surface area contributed by atoms with Crippen LogP contribution in [0.15, 0.2) is 18.3 Å². The highest BCUT2D eigenvalue weighted by Crippen LogP contribution is 2.37. The number of pyridine rings is 1. The molecule has 2 fully saturated rings. The van der Waals surface area contributed by atoms with E-state index in [0.29, 0.717) is 5.56 Å². The van der Waals surface area contributed by atoms with Crippen molar-refractivity contribution in [3.8, 4) is 0 Å². The molecule has 0 aromatic carbocycles. The number of rotatable bonds is 2. The molecule has 1 saturated carbocycles. The SMILES string of the molecule is NC(=O)c1ccnc(N2CCNCC23CCCCC3)c1. The Labute approximate surface area is 119 Å². The Hall–Kier alpha value is -1.62. The number of nitrogens with one attached hydrogen (secondary N) is 1. The first-order valence-electron chi connectivity index (χ1n) is 7.46. The first kappa shape index (κ1) is 13.4. The highest BCUT2D eigenvalue weighted by Gasteiger charge is 2.40. The third kappa shape index (κ3) is 2.38. The Morgan fingerprint density at radius 3 is 2.90 bits per heavy atom. The molecule has 5 heteroatoms. The van der Waals surface area contributed by atoms with E-state index in [1.54, 1.807) is 12.3 Å². The molecule has 1 aliphatic heterocycles. The van der Waals surface area contributed by atoms with E-state index in [2.05, 4.69) is 15.2 Å². The summed E-state index contributed by atoms with van der Waals surface area (Å²) in [6, 6.07) is 3.52. The number of piperazine rings is 1. The van der Waals surface area contributed by atoms with E-state index >= 15 is 0 Å². The number of carbonyl (C=O) groups excluding carboxylic acids is 1. The van der Waals surface area contributed by atoms with Gasteiger partial charge in [0.25, 0.3) is 0 Å². The van der Waals surface area contributed by atoms with Crippen LogP contribution in [-0.4, -0.2) is 36.1 Å². The van der Waals surface area contributed by atoms with Crippen molar-refractivity contribution in [2.45, 2.75) is 37.6 Å².